The van der Waals surface area contributed by atoms with Gasteiger partial charge in [-0.3, -0.25) is 9.59 Å². The molecule has 1 aromatic carbocycles. The van der Waals surface area contributed by atoms with E-state index >= 15 is 0 Å². The number of carbonyl (C=O) groups excluding carboxylic acids is 2. The van der Waals surface area contributed by atoms with Crippen LogP contribution in [0, 0.1) is 0 Å². The Bertz CT molecular complexity index is 467. The van der Waals surface area contributed by atoms with E-state index in [2.05, 4.69) is 10.6 Å². The topological polar surface area (TPSA) is 93.5 Å². The van der Waals surface area contributed by atoms with E-state index in [-0.39, 0.29) is 24.5 Å². The van der Waals surface area contributed by atoms with Gasteiger partial charge in [0.1, 0.15) is 0 Å². The summed E-state index contributed by atoms with van der Waals surface area (Å²) in [6.07, 6.45) is 2.11. The number of rotatable bonds is 5. The zero-order valence-corrected chi connectivity index (χ0v) is 11.2. The SMILES string of the molecule is Nc1ccc(C(=O)NCC(=O)NCC2CCCO2)cc1. The van der Waals surface area contributed by atoms with Gasteiger partial charge in [0.25, 0.3) is 5.91 Å². The van der Waals surface area contributed by atoms with Crippen molar-refractivity contribution in [3.8, 4) is 0 Å². The van der Waals surface area contributed by atoms with Crippen LogP contribution < -0.4 is 16.4 Å². The summed E-state index contributed by atoms with van der Waals surface area (Å²) < 4.78 is 5.40. The smallest absolute Gasteiger partial charge is 0.251 e. The number of nitrogen functional groups attached to an aromatic ring is 1. The predicted molar refractivity (Wildman–Crippen MR) is 75.2 cm³/mol. The van der Waals surface area contributed by atoms with E-state index in [1.54, 1.807) is 24.3 Å². The molecule has 0 saturated carbocycles. The van der Waals surface area contributed by atoms with Crippen LogP contribution in [-0.2, 0) is 9.53 Å². The number of ether oxygens (including phenoxy) is 1. The summed E-state index contributed by atoms with van der Waals surface area (Å²) in [4.78, 5) is 23.4. The highest BCUT2D eigenvalue weighted by Crippen LogP contribution is 2.10. The van der Waals surface area contributed by atoms with E-state index in [1.165, 1.54) is 0 Å². The summed E-state index contributed by atoms with van der Waals surface area (Å²) in [5.41, 5.74) is 6.61. The molecule has 0 aliphatic carbocycles. The Labute approximate surface area is 117 Å². The van der Waals surface area contributed by atoms with Gasteiger partial charge in [-0.2, -0.15) is 0 Å². The summed E-state index contributed by atoms with van der Waals surface area (Å²) in [6.45, 7) is 1.21. The van der Waals surface area contributed by atoms with Crippen molar-refractivity contribution in [2.45, 2.75) is 18.9 Å². The third-order valence-electron chi connectivity index (χ3n) is 3.13. The average molecular weight is 277 g/mol. The molecule has 0 spiro atoms. The largest absolute Gasteiger partial charge is 0.399 e. The van der Waals surface area contributed by atoms with E-state index in [0.29, 0.717) is 17.8 Å². The van der Waals surface area contributed by atoms with Crippen LogP contribution in [0.5, 0.6) is 0 Å². The van der Waals surface area contributed by atoms with Gasteiger partial charge in [-0.05, 0) is 37.1 Å². The highest BCUT2D eigenvalue weighted by atomic mass is 16.5. The monoisotopic (exact) mass is 277 g/mol. The van der Waals surface area contributed by atoms with Gasteiger partial charge in [-0.25, -0.2) is 0 Å². The molecule has 20 heavy (non-hydrogen) atoms. The maximum Gasteiger partial charge on any atom is 0.251 e. The molecule has 1 aliphatic heterocycles. The van der Waals surface area contributed by atoms with Crippen molar-refractivity contribution in [3.63, 3.8) is 0 Å². The Morgan fingerprint density at radius 1 is 1.25 bits per heavy atom. The second kappa shape index (κ2) is 6.91. The van der Waals surface area contributed by atoms with Crippen LogP contribution in [0.1, 0.15) is 23.2 Å². The first kappa shape index (κ1) is 14.3. The van der Waals surface area contributed by atoms with Crippen LogP contribution in [0.2, 0.25) is 0 Å². The van der Waals surface area contributed by atoms with Crippen molar-refractivity contribution in [3.05, 3.63) is 29.8 Å². The highest BCUT2D eigenvalue weighted by molar-refractivity contribution is 5.96. The minimum atomic E-state index is -0.294. The minimum Gasteiger partial charge on any atom is -0.399 e. The van der Waals surface area contributed by atoms with Crippen molar-refractivity contribution in [1.82, 2.24) is 10.6 Å². The maximum atomic E-state index is 11.8. The van der Waals surface area contributed by atoms with Crippen LogP contribution >= 0.6 is 0 Å². The number of benzene rings is 1. The van der Waals surface area contributed by atoms with Crippen molar-refractivity contribution >= 4 is 17.5 Å². The van der Waals surface area contributed by atoms with E-state index in [1.807, 2.05) is 0 Å². The number of amides is 2. The van der Waals surface area contributed by atoms with E-state index in [0.717, 1.165) is 19.4 Å². The van der Waals surface area contributed by atoms with Crippen molar-refractivity contribution in [1.29, 1.82) is 0 Å². The Morgan fingerprint density at radius 3 is 2.65 bits per heavy atom. The van der Waals surface area contributed by atoms with E-state index < -0.39 is 0 Å². The summed E-state index contributed by atoms with van der Waals surface area (Å²) >= 11 is 0. The standard InChI is InChI=1S/C14H19N3O3/c15-11-5-3-10(4-6-11)14(19)17-9-13(18)16-8-12-2-1-7-20-12/h3-6,12H,1-2,7-9,15H2,(H,16,18)(H,17,19). The van der Waals surface area contributed by atoms with Crippen LogP contribution in [0.25, 0.3) is 0 Å². The predicted octanol–water partition coefficient (Wildman–Crippen LogP) is 0.294. The van der Waals surface area contributed by atoms with Gasteiger partial charge in [-0.1, -0.05) is 0 Å². The fourth-order valence-electron chi connectivity index (χ4n) is 1.99. The van der Waals surface area contributed by atoms with Crippen LogP contribution in [0.3, 0.4) is 0 Å². The fourth-order valence-corrected chi connectivity index (χ4v) is 1.99. The Hall–Kier alpha value is -2.08. The number of nitrogens with one attached hydrogen (secondary N) is 2. The summed E-state index contributed by atoms with van der Waals surface area (Å²) in [5.74, 6) is -0.512. The second-order valence-corrected chi connectivity index (χ2v) is 4.74. The molecular formula is C14H19N3O3. The molecule has 2 rings (SSSR count). The molecule has 0 radical (unpaired) electrons. The third-order valence-corrected chi connectivity index (χ3v) is 3.13. The van der Waals surface area contributed by atoms with Crippen molar-refractivity contribution < 1.29 is 14.3 Å². The second-order valence-electron chi connectivity index (χ2n) is 4.74. The lowest BCUT2D eigenvalue weighted by molar-refractivity contribution is -0.120. The molecule has 6 nitrogen and oxygen atoms in total. The lowest BCUT2D eigenvalue weighted by atomic mass is 10.2. The average Bonchev–Trinajstić information content (AvgIpc) is 2.96. The van der Waals surface area contributed by atoms with Crippen LogP contribution in [-0.4, -0.2) is 37.6 Å². The van der Waals surface area contributed by atoms with Crippen LogP contribution in [0.4, 0.5) is 5.69 Å². The molecule has 1 atom stereocenters. The lowest BCUT2D eigenvalue weighted by Crippen LogP contribution is -2.39. The summed E-state index contributed by atoms with van der Waals surface area (Å²) in [6, 6.07) is 6.53. The Balaban J connectivity index is 1.69. The molecule has 1 saturated heterocycles. The fraction of sp³-hybridized carbons (Fsp3) is 0.429. The molecule has 1 unspecified atom stereocenters. The van der Waals surface area contributed by atoms with Gasteiger partial charge >= 0.3 is 0 Å². The molecule has 1 fully saturated rings. The van der Waals surface area contributed by atoms with Gasteiger partial charge in [0.05, 0.1) is 12.6 Å². The molecular weight excluding hydrogens is 258 g/mol. The van der Waals surface area contributed by atoms with E-state index in [4.69, 9.17) is 10.5 Å². The van der Waals surface area contributed by atoms with Gasteiger partial charge in [0, 0.05) is 24.4 Å². The molecule has 4 N–H and O–H groups in total. The van der Waals surface area contributed by atoms with E-state index in [9.17, 15) is 9.59 Å². The molecule has 108 valence electrons. The quantitative estimate of drug-likeness (QED) is 0.675. The Morgan fingerprint density at radius 2 is 2.00 bits per heavy atom. The molecule has 1 heterocycles. The first-order valence-corrected chi connectivity index (χ1v) is 6.67. The number of hydrogen-bond acceptors (Lipinski definition) is 4. The Kier molecular flexibility index (Phi) is 4.95. The molecule has 6 heteroatoms. The number of nitrogens with two attached hydrogens (primary N) is 1. The zero-order valence-electron chi connectivity index (χ0n) is 11.2. The van der Waals surface area contributed by atoms with Crippen molar-refractivity contribution in [2.24, 2.45) is 0 Å². The van der Waals surface area contributed by atoms with Gasteiger partial charge in [-0.15, -0.1) is 0 Å². The molecule has 1 aromatic rings. The molecule has 1 aliphatic rings. The number of carbonyl (C=O) groups is 2. The van der Waals surface area contributed by atoms with Gasteiger partial charge in [0.15, 0.2) is 0 Å². The first-order chi connectivity index (χ1) is 9.65. The number of hydrogen-bond donors (Lipinski definition) is 3. The summed E-state index contributed by atoms with van der Waals surface area (Å²) in [7, 11) is 0. The highest BCUT2D eigenvalue weighted by Gasteiger charge is 2.16. The lowest BCUT2D eigenvalue weighted by Gasteiger charge is -2.11. The molecule has 2 amide bonds. The zero-order chi connectivity index (χ0) is 14.4. The van der Waals surface area contributed by atoms with Crippen LogP contribution in [0.15, 0.2) is 24.3 Å². The molecule has 0 aromatic heterocycles. The third kappa shape index (κ3) is 4.24. The number of anilines is 1. The normalized spacial score (nSPS) is 17.7. The van der Waals surface area contributed by atoms with Gasteiger partial charge in [0.2, 0.25) is 5.91 Å². The maximum absolute atomic E-state index is 11.8. The minimum absolute atomic E-state index is 0.0457. The van der Waals surface area contributed by atoms with Crippen molar-refractivity contribution in [2.75, 3.05) is 25.4 Å². The summed E-state index contributed by atoms with van der Waals surface area (Å²) in [5, 5.41) is 5.30. The first-order valence-electron chi connectivity index (χ1n) is 6.67. The van der Waals surface area contributed by atoms with Gasteiger partial charge < -0.3 is 21.1 Å². The molecule has 0 bridgehead atoms.